The van der Waals surface area contributed by atoms with Gasteiger partial charge in [-0.15, -0.1) is 0 Å². The van der Waals surface area contributed by atoms with E-state index in [0.717, 1.165) is 18.1 Å². The van der Waals surface area contributed by atoms with E-state index in [1.165, 1.54) is 25.7 Å². The molecule has 0 amide bonds. The third-order valence-corrected chi connectivity index (χ3v) is 4.68. The van der Waals surface area contributed by atoms with E-state index < -0.39 is 0 Å². The second-order valence-corrected chi connectivity index (χ2v) is 5.90. The van der Waals surface area contributed by atoms with Gasteiger partial charge in [-0.1, -0.05) is 32.3 Å². The molecule has 0 unspecified atom stereocenters. The molecule has 0 saturated heterocycles. The molecule has 2 saturated carbocycles. The molecule has 0 aromatic carbocycles. The van der Waals surface area contributed by atoms with Crippen LogP contribution in [-0.4, -0.2) is 10.9 Å². The van der Waals surface area contributed by atoms with Crippen LogP contribution < -0.4 is 0 Å². The molecule has 14 heavy (non-hydrogen) atoms. The van der Waals surface area contributed by atoms with Gasteiger partial charge in [0.05, 0.1) is 5.71 Å². The van der Waals surface area contributed by atoms with E-state index in [2.05, 4.69) is 25.9 Å². The zero-order valence-electron chi connectivity index (χ0n) is 9.51. The molecule has 0 aromatic heterocycles. The molecule has 2 atom stereocenters. The quantitative estimate of drug-likeness (QED) is 0.466. The van der Waals surface area contributed by atoms with Crippen molar-refractivity contribution in [1.29, 1.82) is 0 Å². The number of oxime groups is 1. The first kappa shape index (κ1) is 10.0. The van der Waals surface area contributed by atoms with Crippen LogP contribution in [-0.2, 0) is 0 Å². The fourth-order valence-corrected chi connectivity index (χ4v) is 3.91. The van der Waals surface area contributed by atoms with Crippen LogP contribution in [0.25, 0.3) is 0 Å². The molecule has 0 spiro atoms. The van der Waals surface area contributed by atoms with Gasteiger partial charge in [0.25, 0.3) is 0 Å². The van der Waals surface area contributed by atoms with Gasteiger partial charge in [-0.05, 0) is 37.0 Å². The SMILES string of the molecule is CC1(C)CCC[C@@]2(C)/C(=N\O)CC[C@@H]12. The average molecular weight is 195 g/mol. The van der Waals surface area contributed by atoms with Crippen molar-refractivity contribution in [2.45, 2.75) is 52.9 Å². The minimum Gasteiger partial charge on any atom is -0.411 e. The van der Waals surface area contributed by atoms with Crippen molar-refractivity contribution in [1.82, 2.24) is 0 Å². The maximum Gasteiger partial charge on any atom is 0.0632 e. The van der Waals surface area contributed by atoms with Crippen molar-refractivity contribution >= 4 is 5.71 Å². The lowest BCUT2D eigenvalue weighted by Crippen LogP contribution is -2.41. The van der Waals surface area contributed by atoms with Gasteiger partial charge in [0.15, 0.2) is 0 Å². The number of hydrogen-bond acceptors (Lipinski definition) is 2. The molecule has 0 radical (unpaired) electrons. The maximum atomic E-state index is 9.03. The molecule has 2 fully saturated rings. The predicted molar refractivity (Wildman–Crippen MR) is 57.7 cm³/mol. The van der Waals surface area contributed by atoms with Crippen molar-refractivity contribution in [3.8, 4) is 0 Å². The van der Waals surface area contributed by atoms with E-state index >= 15 is 0 Å². The predicted octanol–water partition coefficient (Wildman–Crippen LogP) is 3.44. The van der Waals surface area contributed by atoms with Gasteiger partial charge >= 0.3 is 0 Å². The Labute approximate surface area is 86.4 Å². The van der Waals surface area contributed by atoms with Gasteiger partial charge in [0.2, 0.25) is 0 Å². The number of fused-ring (bicyclic) bond motifs is 1. The summed E-state index contributed by atoms with van der Waals surface area (Å²) in [6, 6.07) is 0. The van der Waals surface area contributed by atoms with Crippen LogP contribution in [0, 0.1) is 16.7 Å². The summed E-state index contributed by atoms with van der Waals surface area (Å²) in [6.07, 6.45) is 6.02. The monoisotopic (exact) mass is 195 g/mol. The summed E-state index contributed by atoms with van der Waals surface area (Å²) in [5, 5.41) is 12.6. The molecule has 0 aromatic rings. The Balaban J connectivity index is 2.35. The zero-order valence-corrected chi connectivity index (χ0v) is 9.51. The lowest BCUT2D eigenvalue weighted by molar-refractivity contribution is 0.0588. The van der Waals surface area contributed by atoms with Crippen molar-refractivity contribution in [2.75, 3.05) is 0 Å². The van der Waals surface area contributed by atoms with E-state index in [9.17, 15) is 0 Å². The highest BCUT2D eigenvalue weighted by atomic mass is 16.4. The van der Waals surface area contributed by atoms with E-state index in [1.54, 1.807) is 0 Å². The Morgan fingerprint density at radius 2 is 2.00 bits per heavy atom. The number of nitrogens with zero attached hydrogens (tertiary/aromatic N) is 1. The van der Waals surface area contributed by atoms with Crippen LogP contribution in [0.15, 0.2) is 5.16 Å². The normalized spacial score (nSPS) is 43.9. The lowest BCUT2D eigenvalue weighted by atomic mass is 9.58. The molecule has 1 N–H and O–H groups in total. The molecule has 0 bridgehead atoms. The molecule has 2 aliphatic carbocycles. The molecule has 0 heterocycles. The maximum absolute atomic E-state index is 9.03. The molecular weight excluding hydrogens is 174 g/mol. The summed E-state index contributed by atoms with van der Waals surface area (Å²) in [7, 11) is 0. The molecule has 2 aliphatic rings. The van der Waals surface area contributed by atoms with Gasteiger partial charge < -0.3 is 5.21 Å². The van der Waals surface area contributed by atoms with Gasteiger partial charge in [0.1, 0.15) is 0 Å². The standard InChI is InChI=1S/C12H21NO/c1-11(2)7-4-8-12(3)9(11)5-6-10(12)13-14/h9,14H,4-8H2,1-3H3/b13-10-/t9-,12+/m0/s1. The van der Waals surface area contributed by atoms with Gasteiger partial charge in [0, 0.05) is 5.41 Å². The van der Waals surface area contributed by atoms with Crippen LogP contribution in [0.2, 0.25) is 0 Å². The van der Waals surface area contributed by atoms with E-state index in [1.807, 2.05) is 0 Å². The van der Waals surface area contributed by atoms with Crippen molar-refractivity contribution < 1.29 is 5.21 Å². The van der Waals surface area contributed by atoms with Crippen LogP contribution >= 0.6 is 0 Å². The second kappa shape index (κ2) is 2.98. The second-order valence-electron chi connectivity index (χ2n) is 5.90. The molecule has 0 aliphatic heterocycles. The van der Waals surface area contributed by atoms with Crippen LogP contribution in [0.3, 0.4) is 0 Å². The van der Waals surface area contributed by atoms with Crippen LogP contribution in [0.5, 0.6) is 0 Å². The van der Waals surface area contributed by atoms with Crippen molar-refractivity contribution in [3.05, 3.63) is 0 Å². The van der Waals surface area contributed by atoms with E-state index in [4.69, 9.17) is 5.21 Å². The summed E-state index contributed by atoms with van der Waals surface area (Å²) < 4.78 is 0. The van der Waals surface area contributed by atoms with Gasteiger partial charge in [-0.2, -0.15) is 0 Å². The third-order valence-electron chi connectivity index (χ3n) is 4.68. The highest BCUT2D eigenvalue weighted by Crippen LogP contribution is 2.57. The largest absolute Gasteiger partial charge is 0.411 e. The molecule has 2 heteroatoms. The van der Waals surface area contributed by atoms with Crippen LogP contribution in [0.1, 0.15) is 52.9 Å². The van der Waals surface area contributed by atoms with E-state index in [-0.39, 0.29) is 5.41 Å². The third kappa shape index (κ3) is 1.19. The van der Waals surface area contributed by atoms with E-state index in [0.29, 0.717) is 5.41 Å². The van der Waals surface area contributed by atoms with Gasteiger partial charge in [-0.3, -0.25) is 0 Å². The Morgan fingerprint density at radius 1 is 1.29 bits per heavy atom. The number of rotatable bonds is 0. The minimum atomic E-state index is 0.191. The minimum absolute atomic E-state index is 0.191. The average Bonchev–Trinajstić information content (AvgIpc) is 2.42. The first-order valence-electron chi connectivity index (χ1n) is 5.72. The fourth-order valence-electron chi connectivity index (χ4n) is 3.91. The smallest absolute Gasteiger partial charge is 0.0632 e. The highest BCUT2D eigenvalue weighted by molar-refractivity contribution is 5.92. The van der Waals surface area contributed by atoms with Crippen molar-refractivity contribution in [2.24, 2.45) is 21.9 Å². The Morgan fingerprint density at radius 3 is 2.64 bits per heavy atom. The lowest BCUT2D eigenvalue weighted by Gasteiger charge is -2.47. The Bertz CT molecular complexity index is 269. The van der Waals surface area contributed by atoms with Crippen molar-refractivity contribution in [3.63, 3.8) is 0 Å². The van der Waals surface area contributed by atoms with Gasteiger partial charge in [-0.25, -0.2) is 0 Å². The molecule has 2 nitrogen and oxygen atoms in total. The Hall–Kier alpha value is -0.530. The topological polar surface area (TPSA) is 32.6 Å². The summed E-state index contributed by atoms with van der Waals surface area (Å²) in [4.78, 5) is 0. The zero-order chi connectivity index (χ0) is 10.4. The summed E-state index contributed by atoms with van der Waals surface area (Å²) in [5.74, 6) is 0.717. The first-order valence-corrected chi connectivity index (χ1v) is 5.72. The van der Waals surface area contributed by atoms with Crippen LogP contribution in [0.4, 0.5) is 0 Å². The summed E-state index contributed by atoms with van der Waals surface area (Å²) >= 11 is 0. The molecular formula is C12H21NO. The highest BCUT2D eigenvalue weighted by Gasteiger charge is 2.52. The number of hydrogen-bond donors (Lipinski definition) is 1. The fraction of sp³-hybridized carbons (Fsp3) is 0.917. The molecule has 2 rings (SSSR count). The molecule has 80 valence electrons. The Kier molecular flexibility index (Phi) is 2.13. The first-order chi connectivity index (χ1) is 6.50. The summed E-state index contributed by atoms with van der Waals surface area (Å²) in [6.45, 7) is 7.03. The summed E-state index contributed by atoms with van der Waals surface area (Å²) in [5.41, 5.74) is 1.67.